The van der Waals surface area contributed by atoms with E-state index in [0.717, 1.165) is 36.7 Å². The first kappa shape index (κ1) is 24.0. The van der Waals surface area contributed by atoms with Gasteiger partial charge in [-0.1, -0.05) is 30.7 Å². The lowest BCUT2D eigenvalue weighted by molar-refractivity contribution is 0.305. The Balaban J connectivity index is 0.00000392. The van der Waals surface area contributed by atoms with Crippen LogP contribution in [0, 0.1) is 6.92 Å². The van der Waals surface area contributed by atoms with Gasteiger partial charge in [0, 0.05) is 32.4 Å². The normalized spacial score (nSPS) is 10.8. The van der Waals surface area contributed by atoms with Gasteiger partial charge in [0.25, 0.3) is 0 Å². The van der Waals surface area contributed by atoms with Crippen molar-refractivity contribution in [2.75, 3.05) is 27.3 Å². The van der Waals surface area contributed by atoms with Crippen LogP contribution in [0.4, 0.5) is 0 Å². The molecule has 0 radical (unpaired) electrons. The molecule has 2 N–H and O–H groups in total. The molecule has 1 aromatic heterocycles. The number of aryl methyl sites for hydroxylation is 1. The van der Waals surface area contributed by atoms with Crippen molar-refractivity contribution >= 4 is 29.9 Å². The van der Waals surface area contributed by atoms with Crippen LogP contribution in [0.1, 0.15) is 30.0 Å². The summed E-state index contributed by atoms with van der Waals surface area (Å²) in [5.41, 5.74) is 3.49. The Morgan fingerprint density at radius 1 is 1.18 bits per heavy atom. The largest absolute Gasteiger partial charge is 0.496 e. The number of aliphatic imine (C=N–C) groups is 1. The number of nitrogens with zero attached hydrogens (tertiary/aromatic N) is 2. The summed E-state index contributed by atoms with van der Waals surface area (Å²) in [5.74, 6) is 2.34. The second-order valence-electron chi connectivity index (χ2n) is 6.27. The molecule has 0 amide bonds. The van der Waals surface area contributed by atoms with Gasteiger partial charge in [-0.2, -0.15) is 0 Å². The molecule has 28 heavy (non-hydrogen) atoms. The van der Waals surface area contributed by atoms with Crippen LogP contribution in [0.25, 0.3) is 0 Å². The summed E-state index contributed by atoms with van der Waals surface area (Å²) < 4.78 is 10.9. The smallest absolute Gasteiger partial charge is 0.213 e. The fraction of sp³-hybridized carbons (Fsp3) is 0.429. The Bertz CT molecular complexity index is 736. The lowest BCUT2D eigenvalue weighted by Gasteiger charge is -2.13. The van der Waals surface area contributed by atoms with Crippen LogP contribution in [0.2, 0.25) is 0 Å². The summed E-state index contributed by atoms with van der Waals surface area (Å²) in [7, 11) is 3.47. The van der Waals surface area contributed by atoms with E-state index in [2.05, 4.69) is 46.6 Å². The summed E-state index contributed by atoms with van der Waals surface area (Å²) >= 11 is 0. The molecule has 0 fully saturated rings. The molecule has 2 rings (SSSR count). The van der Waals surface area contributed by atoms with Gasteiger partial charge in [0.15, 0.2) is 5.96 Å². The van der Waals surface area contributed by atoms with E-state index in [9.17, 15) is 0 Å². The molecule has 0 unspecified atom stereocenters. The highest BCUT2D eigenvalue weighted by Gasteiger charge is 2.04. The van der Waals surface area contributed by atoms with Gasteiger partial charge >= 0.3 is 0 Å². The maximum Gasteiger partial charge on any atom is 0.213 e. The molecule has 154 valence electrons. The first-order valence-electron chi connectivity index (χ1n) is 9.32. The van der Waals surface area contributed by atoms with E-state index in [4.69, 9.17) is 9.47 Å². The zero-order chi connectivity index (χ0) is 19.5. The highest BCUT2D eigenvalue weighted by atomic mass is 127. The van der Waals surface area contributed by atoms with Crippen LogP contribution in [-0.2, 0) is 13.0 Å². The molecule has 0 spiro atoms. The van der Waals surface area contributed by atoms with Crippen molar-refractivity contribution in [3.63, 3.8) is 0 Å². The lowest BCUT2D eigenvalue weighted by Crippen LogP contribution is -2.37. The Hall–Kier alpha value is -2.03. The summed E-state index contributed by atoms with van der Waals surface area (Å²) in [6.45, 7) is 6.26. The Labute approximate surface area is 185 Å². The second kappa shape index (κ2) is 13.2. The molecule has 0 aliphatic heterocycles. The van der Waals surface area contributed by atoms with Gasteiger partial charge in [-0.3, -0.25) is 4.99 Å². The lowest BCUT2D eigenvalue weighted by atomic mass is 10.1. The Morgan fingerprint density at radius 3 is 2.64 bits per heavy atom. The van der Waals surface area contributed by atoms with Gasteiger partial charge in [0.05, 0.1) is 13.7 Å². The number of pyridine rings is 1. The SMILES string of the molecule is CCCOc1ccc(CNC(=NC)NCCc2cc(C)ccc2OC)cn1.I. The fourth-order valence-electron chi connectivity index (χ4n) is 2.63. The van der Waals surface area contributed by atoms with Crippen molar-refractivity contribution in [3.8, 4) is 11.6 Å². The molecule has 1 aromatic carbocycles. The first-order valence-corrected chi connectivity index (χ1v) is 9.32. The standard InChI is InChI=1S/C21H30N4O2.HI/c1-5-12-27-20-9-7-17(14-24-20)15-25-21(22-3)23-11-10-18-13-16(2)6-8-19(18)26-4;/h6-9,13-14H,5,10-12,15H2,1-4H3,(H2,22,23,25);1H. The van der Waals surface area contributed by atoms with Crippen LogP contribution >= 0.6 is 24.0 Å². The monoisotopic (exact) mass is 498 g/mol. The summed E-state index contributed by atoms with van der Waals surface area (Å²) in [6.07, 6.45) is 3.65. The van der Waals surface area contributed by atoms with Crippen molar-refractivity contribution in [1.29, 1.82) is 0 Å². The van der Waals surface area contributed by atoms with Crippen molar-refractivity contribution in [3.05, 3.63) is 53.2 Å². The minimum absolute atomic E-state index is 0. The maximum absolute atomic E-state index is 5.50. The van der Waals surface area contributed by atoms with Crippen molar-refractivity contribution in [2.45, 2.75) is 33.2 Å². The minimum Gasteiger partial charge on any atom is -0.496 e. The van der Waals surface area contributed by atoms with Crippen LogP contribution in [-0.4, -0.2) is 38.3 Å². The van der Waals surface area contributed by atoms with Gasteiger partial charge in [0.1, 0.15) is 5.75 Å². The van der Waals surface area contributed by atoms with Crippen molar-refractivity contribution < 1.29 is 9.47 Å². The predicted octanol–water partition coefficient (Wildman–Crippen LogP) is 3.71. The van der Waals surface area contributed by atoms with E-state index >= 15 is 0 Å². The van der Waals surface area contributed by atoms with Gasteiger partial charge in [-0.15, -0.1) is 24.0 Å². The zero-order valence-electron chi connectivity index (χ0n) is 17.1. The zero-order valence-corrected chi connectivity index (χ0v) is 19.4. The quantitative estimate of drug-likeness (QED) is 0.314. The van der Waals surface area contributed by atoms with Gasteiger partial charge in [-0.05, 0) is 37.0 Å². The average Bonchev–Trinajstić information content (AvgIpc) is 2.70. The number of hydrogen-bond donors (Lipinski definition) is 2. The predicted molar refractivity (Wildman–Crippen MR) is 125 cm³/mol. The average molecular weight is 498 g/mol. The number of halogens is 1. The topological polar surface area (TPSA) is 67.8 Å². The highest BCUT2D eigenvalue weighted by Crippen LogP contribution is 2.19. The van der Waals surface area contributed by atoms with Crippen LogP contribution in [0.3, 0.4) is 0 Å². The Kier molecular flexibility index (Phi) is 11.3. The van der Waals surface area contributed by atoms with Crippen molar-refractivity contribution in [2.24, 2.45) is 4.99 Å². The van der Waals surface area contributed by atoms with E-state index < -0.39 is 0 Å². The first-order chi connectivity index (χ1) is 13.2. The van der Waals surface area contributed by atoms with Crippen LogP contribution in [0.15, 0.2) is 41.5 Å². The van der Waals surface area contributed by atoms with Crippen LogP contribution < -0.4 is 20.1 Å². The molecule has 0 aliphatic rings. The molecule has 0 atom stereocenters. The molecule has 2 aromatic rings. The number of guanidine groups is 1. The molecule has 6 nitrogen and oxygen atoms in total. The van der Waals surface area contributed by atoms with E-state index in [1.165, 1.54) is 11.1 Å². The number of hydrogen-bond acceptors (Lipinski definition) is 4. The third-order valence-electron chi connectivity index (χ3n) is 4.06. The highest BCUT2D eigenvalue weighted by molar-refractivity contribution is 14.0. The summed E-state index contributed by atoms with van der Waals surface area (Å²) in [4.78, 5) is 8.58. The molecule has 0 bridgehead atoms. The number of methoxy groups -OCH3 is 1. The number of ether oxygens (including phenoxy) is 2. The third kappa shape index (κ3) is 7.92. The molecule has 0 saturated heterocycles. The van der Waals surface area contributed by atoms with E-state index in [0.29, 0.717) is 19.0 Å². The molecule has 0 aliphatic carbocycles. The molecule has 7 heteroatoms. The van der Waals surface area contributed by atoms with Crippen LogP contribution in [0.5, 0.6) is 11.6 Å². The van der Waals surface area contributed by atoms with E-state index in [-0.39, 0.29) is 24.0 Å². The van der Waals surface area contributed by atoms with Gasteiger partial charge in [0.2, 0.25) is 5.88 Å². The molecular formula is C21H31IN4O2. The Morgan fingerprint density at radius 2 is 2.00 bits per heavy atom. The fourth-order valence-corrected chi connectivity index (χ4v) is 2.63. The van der Waals surface area contributed by atoms with Crippen molar-refractivity contribution in [1.82, 2.24) is 15.6 Å². The third-order valence-corrected chi connectivity index (χ3v) is 4.06. The summed E-state index contributed by atoms with van der Waals surface area (Å²) in [6, 6.07) is 10.1. The molecule has 1 heterocycles. The van der Waals surface area contributed by atoms with Gasteiger partial charge < -0.3 is 20.1 Å². The molecule has 0 saturated carbocycles. The summed E-state index contributed by atoms with van der Waals surface area (Å²) in [5, 5.41) is 6.64. The second-order valence-corrected chi connectivity index (χ2v) is 6.27. The maximum atomic E-state index is 5.50. The number of rotatable bonds is 9. The minimum atomic E-state index is 0. The molecular weight excluding hydrogens is 467 g/mol. The number of benzene rings is 1. The number of aromatic nitrogens is 1. The van der Waals surface area contributed by atoms with E-state index in [1.54, 1.807) is 14.2 Å². The van der Waals surface area contributed by atoms with Gasteiger partial charge in [-0.25, -0.2) is 4.98 Å². The number of nitrogens with one attached hydrogen (secondary N) is 2. The van der Waals surface area contributed by atoms with E-state index in [1.807, 2.05) is 24.4 Å².